The van der Waals surface area contributed by atoms with Gasteiger partial charge in [-0.05, 0) is 56.5 Å². The van der Waals surface area contributed by atoms with E-state index in [1.165, 1.54) is 11.8 Å². The van der Waals surface area contributed by atoms with Crippen LogP contribution in [0, 0.1) is 6.92 Å². The average molecular weight is 523 g/mol. The lowest BCUT2D eigenvalue weighted by Gasteiger charge is -2.34. The van der Waals surface area contributed by atoms with E-state index in [2.05, 4.69) is 11.4 Å². The molecule has 0 aliphatic heterocycles. The highest BCUT2D eigenvalue weighted by Crippen LogP contribution is 2.21. The Morgan fingerprint density at radius 3 is 2.25 bits per heavy atom. The second-order valence-corrected chi connectivity index (χ2v) is 11.5. The van der Waals surface area contributed by atoms with E-state index in [-0.39, 0.29) is 17.6 Å². The summed E-state index contributed by atoms with van der Waals surface area (Å²) < 4.78 is 0. The first kappa shape index (κ1) is 27.8. The number of carbonyl (C=O) groups is 2. The van der Waals surface area contributed by atoms with Crippen molar-refractivity contribution in [2.75, 3.05) is 5.75 Å². The molecule has 6 heteroatoms. The molecule has 3 rings (SSSR count). The summed E-state index contributed by atoms with van der Waals surface area (Å²) in [5.74, 6) is 0.731. The van der Waals surface area contributed by atoms with Gasteiger partial charge in [0.2, 0.25) is 11.8 Å². The number of nitrogens with zero attached hydrogens (tertiary/aromatic N) is 1. The van der Waals surface area contributed by atoms with Crippen LogP contribution in [0.25, 0.3) is 0 Å². The number of halogens is 1. The highest BCUT2D eigenvalue weighted by atomic mass is 35.5. The van der Waals surface area contributed by atoms with Gasteiger partial charge in [-0.2, -0.15) is 0 Å². The zero-order chi connectivity index (χ0) is 26.1. The van der Waals surface area contributed by atoms with Crippen LogP contribution in [0.4, 0.5) is 0 Å². The predicted molar refractivity (Wildman–Crippen MR) is 151 cm³/mol. The first-order valence-electron chi connectivity index (χ1n) is 12.1. The third-order valence-corrected chi connectivity index (χ3v) is 6.81. The highest BCUT2D eigenvalue weighted by Gasteiger charge is 2.32. The molecule has 3 aromatic carbocycles. The van der Waals surface area contributed by atoms with Gasteiger partial charge in [-0.1, -0.05) is 83.9 Å². The Morgan fingerprint density at radius 2 is 1.58 bits per heavy atom. The van der Waals surface area contributed by atoms with Crippen LogP contribution < -0.4 is 5.32 Å². The summed E-state index contributed by atoms with van der Waals surface area (Å²) >= 11 is 7.65. The first-order chi connectivity index (χ1) is 17.1. The largest absolute Gasteiger partial charge is 0.350 e. The van der Waals surface area contributed by atoms with Crippen molar-refractivity contribution in [1.82, 2.24) is 10.2 Å². The van der Waals surface area contributed by atoms with Crippen LogP contribution in [0.3, 0.4) is 0 Å². The Labute approximate surface area is 224 Å². The maximum Gasteiger partial charge on any atom is 0.243 e. The van der Waals surface area contributed by atoms with Gasteiger partial charge in [-0.15, -0.1) is 11.8 Å². The molecular weight excluding hydrogens is 488 g/mol. The molecule has 0 radical (unpaired) electrons. The van der Waals surface area contributed by atoms with Gasteiger partial charge in [0.15, 0.2) is 0 Å². The molecule has 0 fully saturated rings. The fraction of sp³-hybridized carbons (Fsp3) is 0.333. The van der Waals surface area contributed by atoms with Crippen LogP contribution >= 0.6 is 23.4 Å². The molecule has 4 nitrogen and oxygen atoms in total. The van der Waals surface area contributed by atoms with Gasteiger partial charge in [0.05, 0.1) is 5.75 Å². The van der Waals surface area contributed by atoms with Crippen molar-refractivity contribution in [3.63, 3.8) is 0 Å². The van der Waals surface area contributed by atoms with E-state index in [0.29, 0.717) is 23.7 Å². The van der Waals surface area contributed by atoms with Crippen molar-refractivity contribution in [3.05, 3.63) is 106 Å². The number of amides is 2. The molecule has 0 aromatic heterocycles. The topological polar surface area (TPSA) is 49.4 Å². The molecular formula is C30H35ClN2O2S. The van der Waals surface area contributed by atoms with Crippen LogP contribution in [0.1, 0.15) is 43.0 Å². The Kier molecular flexibility index (Phi) is 10.0. The van der Waals surface area contributed by atoms with Crippen molar-refractivity contribution in [2.24, 2.45) is 0 Å². The van der Waals surface area contributed by atoms with Crippen LogP contribution in [-0.4, -0.2) is 34.0 Å². The second-order valence-electron chi connectivity index (χ2n) is 10.1. The molecule has 3 aromatic rings. The van der Waals surface area contributed by atoms with Crippen molar-refractivity contribution in [1.29, 1.82) is 0 Å². The van der Waals surface area contributed by atoms with Crippen LogP contribution in [0.15, 0.2) is 78.9 Å². The van der Waals surface area contributed by atoms with Crippen LogP contribution in [-0.2, 0) is 28.3 Å². The van der Waals surface area contributed by atoms with Gasteiger partial charge in [0, 0.05) is 29.3 Å². The van der Waals surface area contributed by atoms with Crippen LogP contribution in [0.5, 0.6) is 0 Å². The van der Waals surface area contributed by atoms with Gasteiger partial charge in [0.1, 0.15) is 6.04 Å². The summed E-state index contributed by atoms with van der Waals surface area (Å²) in [6, 6.07) is 25.0. The Hall–Kier alpha value is -2.76. The number of rotatable bonds is 10. The molecule has 2 amide bonds. The number of aryl methyl sites for hydroxylation is 1. The number of nitrogens with one attached hydrogen (secondary N) is 1. The predicted octanol–water partition coefficient (Wildman–Crippen LogP) is 6.44. The molecule has 0 bridgehead atoms. The zero-order valence-corrected chi connectivity index (χ0v) is 23.0. The molecule has 0 saturated carbocycles. The van der Waals surface area contributed by atoms with Crippen molar-refractivity contribution >= 4 is 35.2 Å². The lowest BCUT2D eigenvalue weighted by Crippen LogP contribution is -2.54. The summed E-state index contributed by atoms with van der Waals surface area (Å²) in [5.41, 5.74) is 3.79. The summed E-state index contributed by atoms with van der Waals surface area (Å²) in [4.78, 5) is 29.0. The van der Waals surface area contributed by atoms with E-state index in [1.54, 1.807) is 4.90 Å². The third-order valence-electron chi connectivity index (χ3n) is 5.59. The lowest BCUT2D eigenvalue weighted by molar-refractivity contribution is -0.140. The number of benzene rings is 3. The number of carbonyl (C=O) groups excluding carboxylic acids is 2. The summed E-state index contributed by atoms with van der Waals surface area (Å²) in [6.07, 6.45) is 0.444. The summed E-state index contributed by atoms with van der Waals surface area (Å²) in [5, 5.41) is 3.79. The molecule has 0 aliphatic rings. The van der Waals surface area contributed by atoms with E-state index in [1.807, 2.05) is 100 Å². The molecule has 0 unspecified atom stereocenters. The maximum absolute atomic E-state index is 13.7. The SMILES string of the molecule is Cc1cccc(CN(C(=O)CSCc2cccc(Cl)c2)[C@H](Cc2ccccc2)C(=O)NC(C)(C)C)c1. The maximum atomic E-state index is 13.7. The molecule has 0 heterocycles. The summed E-state index contributed by atoms with van der Waals surface area (Å²) in [6.45, 7) is 8.27. The van der Waals surface area contributed by atoms with Gasteiger partial charge >= 0.3 is 0 Å². The van der Waals surface area contributed by atoms with Gasteiger partial charge < -0.3 is 10.2 Å². The van der Waals surface area contributed by atoms with Gasteiger partial charge in [0.25, 0.3) is 0 Å². The smallest absolute Gasteiger partial charge is 0.243 e. The fourth-order valence-electron chi connectivity index (χ4n) is 3.98. The minimum Gasteiger partial charge on any atom is -0.350 e. The normalized spacial score (nSPS) is 12.1. The number of hydrogen-bond acceptors (Lipinski definition) is 3. The quantitative estimate of drug-likeness (QED) is 0.333. The minimum absolute atomic E-state index is 0.0616. The van der Waals surface area contributed by atoms with Crippen molar-refractivity contribution in [3.8, 4) is 0 Å². The first-order valence-corrected chi connectivity index (χ1v) is 13.7. The Bertz CT molecular complexity index is 1160. The van der Waals surface area contributed by atoms with E-state index in [9.17, 15) is 9.59 Å². The van der Waals surface area contributed by atoms with Gasteiger partial charge in [-0.25, -0.2) is 0 Å². The highest BCUT2D eigenvalue weighted by molar-refractivity contribution is 7.99. The Balaban J connectivity index is 1.87. The summed E-state index contributed by atoms with van der Waals surface area (Å²) in [7, 11) is 0. The van der Waals surface area contributed by atoms with Crippen molar-refractivity contribution in [2.45, 2.75) is 58.0 Å². The molecule has 0 aliphatic carbocycles. The zero-order valence-electron chi connectivity index (χ0n) is 21.5. The number of thioether (sulfide) groups is 1. The van der Waals surface area contributed by atoms with E-state index < -0.39 is 11.6 Å². The molecule has 0 saturated heterocycles. The molecule has 1 N–H and O–H groups in total. The minimum atomic E-state index is -0.633. The van der Waals surface area contributed by atoms with Gasteiger partial charge in [-0.3, -0.25) is 9.59 Å². The van der Waals surface area contributed by atoms with E-state index in [4.69, 9.17) is 11.6 Å². The molecule has 0 spiro atoms. The molecule has 190 valence electrons. The molecule has 1 atom stereocenters. The third kappa shape index (κ3) is 9.03. The van der Waals surface area contributed by atoms with E-state index in [0.717, 1.165) is 22.3 Å². The van der Waals surface area contributed by atoms with E-state index >= 15 is 0 Å². The second kappa shape index (κ2) is 13.0. The number of hydrogen-bond donors (Lipinski definition) is 1. The fourth-order valence-corrected chi connectivity index (χ4v) is 5.05. The molecule has 36 heavy (non-hydrogen) atoms. The standard InChI is InChI=1S/C30H35ClN2O2S/c1-22-10-8-13-24(16-22)19-33(28(34)21-36-20-25-14-9-15-26(31)17-25)27(29(35)32-30(2,3)4)18-23-11-6-5-7-12-23/h5-17,27H,18-21H2,1-4H3,(H,32,35)/t27-/m1/s1. The monoisotopic (exact) mass is 522 g/mol. The average Bonchev–Trinajstić information content (AvgIpc) is 2.81. The lowest BCUT2D eigenvalue weighted by atomic mass is 10.0. The van der Waals surface area contributed by atoms with Crippen LogP contribution in [0.2, 0.25) is 5.02 Å². The van der Waals surface area contributed by atoms with Crippen molar-refractivity contribution < 1.29 is 9.59 Å². The Morgan fingerprint density at radius 1 is 0.917 bits per heavy atom.